The lowest BCUT2D eigenvalue weighted by atomic mass is 10.2. The molecule has 0 amide bonds. The van der Waals surface area contributed by atoms with Crippen molar-refractivity contribution < 1.29 is 55.9 Å². The Bertz CT molecular complexity index is 2190. The number of ether oxygens (including phenoxy) is 2. The zero-order chi connectivity index (χ0) is 36.2. The van der Waals surface area contributed by atoms with Gasteiger partial charge in [0.2, 0.25) is 11.9 Å². The van der Waals surface area contributed by atoms with E-state index in [4.69, 9.17) is 20.9 Å². The second-order valence-corrected chi connectivity index (χ2v) is 20.4. The Morgan fingerprint density at radius 3 is 1.46 bits per heavy atom. The molecule has 0 saturated heterocycles. The van der Waals surface area contributed by atoms with Crippen LogP contribution in [0, 0.1) is 0 Å². The number of rotatable bonds is 13. The summed E-state index contributed by atoms with van der Waals surface area (Å²) in [6, 6.07) is -0.987. The Morgan fingerprint density at radius 1 is 0.700 bits per heavy atom. The molecular formula is C22H28N10O14P4. The average Bonchev–Trinajstić information content (AvgIpc) is 3.80. The first kappa shape index (κ1) is 36.2. The standard InChI is InChI=1S/C22H28N10O14P4/c23-21-27-17-15(19(33)29-21)25-7-31(17)11-1-3-13(5-11)43-9-47(35,36)45-49(39,40)50(41,42)46-48(37,38)10-44-14-4-2-12(6-14)32-8-26-16-18(32)28-22(24)30-20(16)34/h1-4,7-8,11-14H,5-6,9-10H2,(H,35,36)(H,37,38)(H,39,40)(H,41,42)(H3,23,27,29,33)(H3,24,28,30,34). The van der Waals surface area contributed by atoms with Gasteiger partial charge in [-0.15, -0.1) is 0 Å². The largest absolute Gasteiger partial charge is 0.446 e. The van der Waals surface area contributed by atoms with Crippen LogP contribution in [0.25, 0.3) is 22.3 Å². The SMILES string of the molecule is Nc1nc2c(ncn2C2C=CC(OCP(=O)(O)OP(=O)(O)P(=O)(O)OP(=O)(O)COC3C=CC(n4cnc5c(=O)[nH]c(N)nc54)C3)C2)c(=O)[nH]1. The van der Waals surface area contributed by atoms with Gasteiger partial charge in [0, 0.05) is 12.8 Å². The number of imidazole rings is 2. The second-order valence-electron chi connectivity index (χ2n) is 11.0. The molecule has 2 aliphatic carbocycles. The fourth-order valence-corrected chi connectivity index (χ4v) is 13.4. The Kier molecular flexibility index (Phi) is 9.53. The zero-order valence-corrected chi connectivity index (χ0v) is 28.7. The van der Waals surface area contributed by atoms with Crippen LogP contribution in [-0.2, 0) is 36.4 Å². The summed E-state index contributed by atoms with van der Waals surface area (Å²) >= 11 is 0. The lowest BCUT2D eigenvalue weighted by Crippen LogP contribution is -2.15. The van der Waals surface area contributed by atoms with Crippen molar-refractivity contribution in [3.8, 4) is 0 Å². The molecule has 0 aromatic carbocycles. The molecule has 270 valence electrons. The van der Waals surface area contributed by atoms with Gasteiger partial charge in [-0.2, -0.15) is 9.97 Å². The Morgan fingerprint density at radius 2 is 1.08 bits per heavy atom. The predicted molar refractivity (Wildman–Crippen MR) is 172 cm³/mol. The maximum absolute atomic E-state index is 12.6. The summed E-state index contributed by atoms with van der Waals surface area (Å²) in [5.41, 5.74) is 10.5. The van der Waals surface area contributed by atoms with Crippen LogP contribution in [0.3, 0.4) is 0 Å². The van der Waals surface area contributed by atoms with Gasteiger partial charge >= 0.3 is 29.8 Å². The van der Waals surface area contributed by atoms with Crippen molar-refractivity contribution in [2.45, 2.75) is 37.1 Å². The average molecular weight is 780 g/mol. The van der Waals surface area contributed by atoms with Crippen molar-refractivity contribution >= 4 is 64.0 Å². The fourth-order valence-electron chi connectivity index (χ4n) is 5.18. The number of allylic oxidation sites excluding steroid dienone is 2. The van der Waals surface area contributed by atoms with E-state index in [9.17, 15) is 47.4 Å². The maximum atomic E-state index is 12.6. The van der Waals surface area contributed by atoms with Crippen molar-refractivity contribution in [3.63, 3.8) is 0 Å². The van der Waals surface area contributed by atoms with Gasteiger partial charge in [-0.3, -0.25) is 28.7 Å². The number of aromatic nitrogens is 8. The summed E-state index contributed by atoms with van der Waals surface area (Å²) in [6.45, 7) is 0. The second kappa shape index (κ2) is 13.2. The molecule has 50 heavy (non-hydrogen) atoms. The van der Waals surface area contributed by atoms with E-state index in [1.807, 2.05) is 0 Å². The van der Waals surface area contributed by atoms with Gasteiger partial charge in [0.1, 0.15) is 12.7 Å². The Labute approximate surface area is 277 Å². The van der Waals surface area contributed by atoms with Crippen molar-refractivity contribution in [2.75, 3.05) is 24.2 Å². The van der Waals surface area contributed by atoms with Crippen LogP contribution in [0.1, 0.15) is 24.9 Å². The van der Waals surface area contributed by atoms with Crippen molar-refractivity contribution in [3.05, 3.63) is 57.7 Å². The topological polar surface area (TPSA) is 365 Å². The molecule has 8 unspecified atom stereocenters. The summed E-state index contributed by atoms with van der Waals surface area (Å²) in [4.78, 5) is 85.3. The number of hydrogen-bond acceptors (Lipinski definition) is 16. The smallest absolute Gasteiger partial charge is 0.369 e. The van der Waals surface area contributed by atoms with Crippen molar-refractivity contribution in [2.24, 2.45) is 0 Å². The summed E-state index contributed by atoms with van der Waals surface area (Å²) in [6.07, 6.45) is 4.83. The number of nitrogens with zero attached hydrogens (tertiary/aromatic N) is 6. The number of hydrogen-bond donors (Lipinski definition) is 8. The highest BCUT2D eigenvalue weighted by Gasteiger charge is 2.53. The van der Waals surface area contributed by atoms with Gasteiger partial charge in [0.25, 0.3) is 11.1 Å². The highest BCUT2D eigenvalue weighted by molar-refractivity contribution is 8.28. The number of nitrogens with two attached hydrogens (primary N) is 2. The van der Waals surface area contributed by atoms with Gasteiger partial charge in [-0.1, -0.05) is 24.3 Å². The summed E-state index contributed by atoms with van der Waals surface area (Å²) in [7, 11) is -22.8. The first-order valence-corrected chi connectivity index (χ1v) is 21.5. The van der Waals surface area contributed by atoms with E-state index >= 15 is 0 Å². The lowest BCUT2D eigenvalue weighted by Gasteiger charge is -2.23. The summed E-state index contributed by atoms with van der Waals surface area (Å²) in [5.74, 6) is -0.295. The predicted octanol–water partition coefficient (Wildman–Crippen LogP) is 0.794. The minimum Gasteiger partial charge on any atom is -0.369 e. The zero-order valence-electron chi connectivity index (χ0n) is 25.1. The molecule has 28 heteroatoms. The monoisotopic (exact) mass is 780 g/mol. The van der Waals surface area contributed by atoms with Gasteiger partial charge in [-0.05, 0) is 0 Å². The van der Waals surface area contributed by atoms with E-state index in [0.29, 0.717) is 0 Å². The molecule has 4 aromatic heterocycles. The molecule has 2 aliphatic rings. The Balaban J connectivity index is 1.01. The number of nitrogen functional groups attached to an aromatic ring is 2. The molecular weight excluding hydrogens is 752 g/mol. The molecule has 0 aliphatic heterocycles. The van der Waals surface area contributed by atoms with E-state index in [1.54, 1.807) is 12.2 Å². The number of nitrogens with one attached hydrogen (secondary N) is 2. The molecule has 8 atom stereocenters. The van der Waals surface area contributed by atoms with Crippen LogP contribution in [0.5, 0.6) is 0 Å². The van der Waals surface area contributed by atoms with Gasteiger partial charge in [0.15, 0.2) is 22.3 Å². The highest BCUT2D eigenvalue weighted by atomic mass is 32.1. The van der Waals surface area contributed by atoms with Crippen LogP contribution in [0.4, 0.5) is 11.9 Å². The van der Waals surface area contributed by atoms with Crippen LogP contribution < -0.4 is 22.6 Å². The van der Waals surface area contributed by atoms with Crippen LogP contribution in [-0.4, -0.2) is 83.5 Å². The normalized spacial score (nSPS) is 25.4. The third-order valence-corrected chi connectivity index (χ3v) is 15.9. The third-order valence-electron chi connectivity index (χ3n) is 7.35. The van der Waals surface area contributed by atoms with E-state index in [-0.39, 0.29) is 47.1 Å². The number of anilines is 2. The molecule has 0 saturated carbocycles. The third kappa shape index (κ3) is 7.52. The van der Waals surface area contributed by atoms with E-state index in [2.05, 4.69) is 38.5 Å². The van der Waals surface area contributed by atoms with Gasteiger partial charge < -0.3 is 49.6 Å². The highest BCUT2D eigenvalue weighted by Crippen LogP contribution is 2.85. The van der Waals surface area contributed by atoms with Crippen LogP contribution in [0.15, 0.2) is 46.5 Å². The molecule has 0 radical (unpaired) electrons. The number of H-pyrrole nitrogens is 2. The summed E-state index contributed by atoms with van der Waals surface area (Å²) < 4.78 is 72.4. The molecule has 0 fully saturated rings. The fraction of sp³-hybridized carbons (Fsp3) is 0.364. The summed E-state index contributed by atoms with van der Waals surface area (Å²) in [5, 5.41) is 0. The lowest BCUT2D eigenvalue weighted by molar-refractivity contribution is 0.102. The molecule has 24 nitrogen and oxygen atoms in total. The minimum absolute atomic E-state index is 0.0193. The molecule has 0 bridgehead atoms. The first-order valence-electron chi connectivity index (χ1n) is 14.1. The van der Waals surface area contributed by atoms with E-state index in [1.165, 1.54) is 33.9 Å². The van der Waals surface area contributed by atoms with E-state index in [0.717, 1.165) is 0 Å². The van der Waals surface area contributed by atoms with Crippen LogP contribution in [0.2, 0.25) is 0 Å². The first-order chi connectivity index (χ1) is 23.3. The van der Waals surface area contributed by atoms with Gasteiger partial charge in [0.05, 0.1) is 36.9 Å². The maximum Gasteiger partial charge on any atom is 0.446 e. The molecule has 4 aromatic rings. The minimum atomic E-state index is -6.13. The van der Waals surface area contributed by atoms with E-state index < -0.39 is 77.9 Å². The molecule has 4 heterocycles. The van der Waals surface area contributed by atoms with Crippen molar-refractivity contribution in [1.29, 1.82) is 0 Å². The van der Waals surface area contributed by atoms with Crippen LogP contribution >= 0.6 is 29.8 Å². The molecule has 6 rings (SSSR count). The van der Waals surface area contributed by atoms with Crippen molar-refractivity contribution in [1.82, 2.24) is 39.0 Å². The number of fused-ring (bicyclic) bond motifs is 2. The number of aromatic amines is 2. The molecule has 10 N–H and O–H groups in total. The quantitative estimate of drug-likeness (QED) is 0.0686. The van der Waals surface area contributed by atoms with Gasteiger partial charge in [-0.25, -0.2) is 27.7 Å². The Hall–Kier alpha value is -3.62. The molecule has 0 spiro atoms.